The van der Waals surface area contributed by atoms with Crippen molar-refractivity contribution in [2.24, 2.45) is 0 Å². The Morgan fingerprint density at radius 2 is 1.06 bits per heavy atom. The normalized spacial score (nSPS) is 11.9. The Bertz CT molecular complexity index is 186. The molecule has 0 saturated heterocycles. The maximum Gasteiger partial charge on any atom is 0.200 e. The number of rotatable bonds is 12. The summed E-state index contributed by atoms with van der Waals surface area (Å²) in [6.45, 7) is 4.38. The Kier molecular flexibility index (Phi) is 11.4. The van der Waals surface area contributed by atoms with E-state index >= 15 is 0 Å². The van der Waals surface area contributed by atoms with Crippen LogP contribution in [-0.2, 0) is 4.57 Å². The summed E-state index contributed by atoms with van der Waals surface area (Å²) in [6, 6.07) is 0. The number of unbranched alkanes of at least 4 members (excludes halogenated alkanes) is 8. The lowest BCUT2D eigenvalue weighted by atomic mass is 10.2. The van der Waals surface area contributed by atoms with E-state index in [2.05, 4.69) is 13.8 Å². The van der Waals surface area contributed by atoms with Crippen LogP contribution in [0.4, 0.5) is 0 Å². The van der Waals surface area contributed by atoms with Crippen LogP contribution in [0, 0.1) is 0 Å². The summed E-state index contributed by atoms with van der Waals surface area (Å²) in [6.07, 6.45) is 12.6. The first-order chi connectivity index (χ1) is 8.12. The molecule has 17 heavy (non-hydrogen) atoms. The van der Waals surface area contributed by atoms with Gasteiger partial charge in [-0.3, -0.25) is 4.57 Å². The van der Waals surface area contributed by atoms with E-state index < -0.39 is 7.37 Å². The third-order valence-electron chi connectivity index (χ3n) is 3.22. The van der Waals surface area contributed by atoms with Crippen LogP contribution in [0.3, 0.4) is 0 Å². The van der Waals surface area contributed by atoms with Crippen molar-refractivity contribution >= 4 is 7.37 Å². The van der Waals surface area contributed by atoms with E-state index in [4.69, 9.17) is 0 Å². The SMILES string of the molecule is CCCCCCCP(=O)(O)CCCCCCC. The van der Waals surface area contributed by atoms with E-state index in [0.717, 1.165) is 25.7 Å². The van der Waals surface area contributed by atoms with Gasteiger partial charge in [-0.1, -0.05) is 65.2 Å². The van der Waals surface area contributed by atoms with Crippen LogP contribution in [0.2, 0.25) is 0 Å². The number of hydrogen-bond acceptors (Lipinski definition) is 1. The second-order valence-electron chi connectivity index (χ2n) is 5.12. The average Bonchev–Trinajstić information content (AvgIpc) is 2.28. The van der Waals surface area contributed by atoms with Crippen LogP contribution in [-0.4, -0.2) is 17.2 Å². The fourth-order valence-electron chi connectivity index (χ4n) is 2.04. The topological polar surface area (TPSA) is 37.3 Å². The molecule has 0 aliphatic rings. The minimum atomic E-state index is -2.79. The first-order valence-corrected chi connectivity index (χ1v) is 9.46. The molecule has 0 heterocycles. The third-order valence-corrected chi connectivity index (χ3v) is 5.25. The first-order valence-electron chi connectivity index (χ1n) is 7.43. The highest BCUT2D eigenvalue weighted by atomic mass is 31.2. The van der Waals surface area contributed by atoms with E-state index in [1.165, 1.54) is 38.5 Å². The second-order valence-corrected chi connectivity index (χ2v) is 7.71. The molecular weight excluding hydrogens is 231 g/mol. The molecule has 0 unspecified atom stereocenters. The van der Waals surface area contributed by atoms with E-state index in [9.17, 15) is 9.46 Å². The van der Waals surface area contributed by atoms with Gasteiger partial charge in [0, 0.05) is 12.3 Å². The lowest BCUT2D eigenvalue weighted by molar-refractivity contribution is 0.470. The summed E-state index contributed by atoms with van der Waals surface area (Å²) in [7, 11) is -2.79. The van der Waals surface area contributed by atoms with Gasteiger partial charge in [0.1, 0.15) is 0 Å². The van der Waals surface area contributed by atoms with Crippen LogP contribution in [0.5, 0.6) is 0 Å². The molecule has 0 aromatic heterocycles. The predicted octanol–water partition coefficient (Wildman–Crippen LogP) is 5.20. The largest absolute Gasteiger partial charge is 0.344 e. The van der Waals surface area contributed by atoms with Crippen molar-refractivity contribution in [3.8, 4) is 0 Å². The minimum absolute atomic E-state index is 0.546. The van der Waals surface area contributed by atoms with Crippen LogP contribution in [0.1, 0.15) is 78.1 Å². The van der Waals surface area contributed by atoms with Crippen LogP contribution in [0.15, 0.2) is 0 Å². The average molecular weight is 262 g/mol. The summed E-state index contributed by atoms with van der Waals surface area (Å²) in [4.78, 5) is 9.78. The Hall–Kier alpha value is 0.190. The zero-order valence-corrected chi connectivity index (χ0v) is 12.7. The Labute approximate surface area is 108 Å². The van der Waals surface area contributed by atoms with E-state index in [1.807, 2.05) is 0 Å². The first kappa shape index (κ1) is 17.2. The lowest BCUT2D eigenvalue weighted by Crippen LogP contribution is -1.95. The van der Waals surface area contributed by atoms with Gasteiger partial charge >= 0.3 is 0 Å². The molecule has 3 heteroatoms. The van der Waals surface area contributed by atoms with Crippen LogP contribution >= 0.6 is 7.37 Å². The molecule has 0 atom stereocenters. The van der Waals surface area contributed by atoms with Crippen LogP contribution < -0.4 is 0 Å². The molecule has 0 bridgehead atoms. The zero-order valence-electron chi connectivity index (χ0n) is 11.8. The molecule has 0 aliphatic heterocycles. The Morgan fingerprint density at radius 1 is 0.706 bits per heavy atom. The van der Waals surface area contributed by atoms with Crippen molar-refractivity contribution in [1.82, 2.24) is 0 Å². The van der Waals surface area contributed by atoms with Gasteiger partial charge in [-0.2, -0.15) is 0 Å². The minimum Gasteiger partial charge on any atom is -0.344 e. The van der Waals surface area contributed by atoms with Gasteiger partial charge in [0.15, 0.2) is 0 Å². The van der Waals surface area contributed by atoms with Crippen molar-refractivity contribution in [1.29, 1.82) is 0 Å². The smallest absolute Gasteiger partial charge is 0.200 e. The maximum absolute atomic E-state index is 11.8. The molecule has 0 amide bonds. The van der Waals surface area contributed by atoms with Crippen LogP contribution in [0.25, 0.3) is 0 Å². The van der Waals surface area contributed by atoms with Gasteiger partial charge in [-0.15, -0.1) is 0 Å². The molecule has 104 valence electrons. The summed E-state index contributed by atoms with van der Waals surface area (Å²) in [5.41, 5.74) is 0. The third kappa shape index (κ3) is 12.4. The van der Waals surface area contributed by atoms with Crippen molar-refractivity contribution in [2.75, 3.05) is 12.3 Å². The van der Waals surface area contributed by atoms with Crippen molar-refractivity contribution in [3.05, 3.63) is 0 Å². The highest BCUT2D eigenvalue weighted by molar-refractivity contribution is 7.57. The molecule has 2 nitrogen and oxygen atoms in total. The van der Waals surface area contributed by atoms with Gasteiger partial charge in [-0.05, 0) is 12.8 Å². The fraction of sp³-hybridized carbons (Fsp3) is 1.00. The zero-order chi connectivity index (χ0) is 13.0. The number of hydrogen-bond donors (Lipinski definition) is 1. The van der Waals surface area contributed by atoms with Gasteiger partial charge in [0.25, 0.3) is 0 Å². The molecule has 0 saturated carbocycles. The Morgan fingerprint density at radius 3 is 1.41 bits per heavy atom. The highest BCUT2D eigenvalue weighted by Crippen LogP contribution is 2.42. The predicted molar refractivity (Wildman–Crippen MR) is 77.1 cm³/mol. The lowest BCUT2D eigenvalue weighted by Gasteiger charge is -2.11. The van der Waals surface area contributed by atoms with Gasteiger partial charge in [0.05, 0.1) is 0 Å². The quantitative estimate of drug-likeness (QED) is 0.388. The van der Waals surface area contributed by atoms with E-state index in [1.54, 1.807) is 0 Å². The van der Waals surface area contributed by atoms with Crippen molar-refractivity contribution in [3.63, 3.8) is 0 Å². The molecule has 0 aliphatic carbocycles. The molecule has 0 radical (unpaired) electrons. The summed E-state index contributed by atoms with van der Waals surface area (Å²) in [5, 5.41) is 0. The van der Waals surface area contributed by atoms with Crippen molar-refractivity contribution < 1.29 is 9.46 Å². The summed E-state index contributed by atoms with van der Waals surface area (Å²) < 4.78 is 11.8. The molecule has 0 aromatic rings. The highest BCUT2D eigenvalue weighted by Gasteiger charge is 2.16. The molecular formula is C14H31O2P. The monoisotopic (exact) mass is 262 g/mol. The van der Waals surface area contributed by atoms with Gasteiger partial charge < -0.3 is 4.89 Å². The van der Waals surface area contributed by atoms with Gasteiger partial charge in [0.2, 0.25) is 7.37 Å². The van der Waals surface area contributed by atoms with E-state index in [0.29, 0.717) is 12.3 Å². The molecule has 0 rings (SSSR count). The molecule has 0 spiro atoms. The summed E-state index contributed by atoms with van der Waals surface area (Å²) >= 11 is 0. The molecule has 1 N–H and O–H groups in total. The standard InChI is InChI=1S/C14H31O2P/c1-3-5-7-9-11-13-17(15,16)14-12-10-8-6-4-2/h3-14H2,1-2H3,(H,15,16). The molecule has 0 fully saturated rings. The fourth-order valence-corrected chi connectivity index (χ4v) is 3.70. The Balaban J connectivity index is 3.42. The van der Waals surface area contributed by atoms with Gasteiger partial charge in [-0.25, -0.2) is 0 Å². The second kappa shape index (κ2) is 11.3. The maximum atomic E-state index is 11.8. The van der Waals surface area contributed by atoms with Crippen molar-refractivity contribution in [2.45, 2.75) is 78.1 Å². The van der Waals surface area contributed by atoms with E-state index in [-0.39, 0.29) is 0 Å². The molecule has 0 aromatic carbocycles. The summed E-state index contributed by atoms with van der Waals surface area (Å²) in [5.74, 6) is 0.